The molecule has 0 bridgehead atoms. The first-order chi connectivity index (χ1) is 5.83. The summed E-state index contributed by atoms with van der Waals surface area (Å²) in [4.78, 5) is 4.02. The van der Waals surface area contributed by atoms with Crippen LogP contribution in [0.4, 0.5) is 0 Å². The number of hydrogen-bond acceptors (Lipinski definition) is 4. The van der Waals surface area contributed by atoms with Gasteiger partial charge >= 0.3 is 0 Å². The molecule has 1 saturated heterocycles. The van der Waals surface area contributed by atoms with E-state index in [2.05, 4.69) is 10.4 Å². The summed E-state index contributed by atoms with van der Waals surface area (Å²) >= 11 is 0. The van der Waals surface area contributed by atoms with E-state index in [1.54, 1.807) is 0 Å². The molecule has 0 aromatic rings. The van der Waals surface area contributed by atoms with Crippen LogP contribution in [0.15, 0.2) is 4.99 Å². The summed E-state index contributed by atoms with van der Waals surface area (Å²) < 4.78 is 10.4. The predicted octanol–water partition coefficient (Wildman–Crippen LogP) is -1.82. The van der Waals surface area contributed by atoms with Gasteiger partial charge in [-0.3, -0.25) is 5.43 Å². The van der Waals surface area contributed by atoms with E-state index in [1.165, 1.54) is 0 Å². The molecule has 0 aromatic carbocycles. The number of hydrazine groups is 1. The van der Waals surface area contributed by atoms with Crippen LogP contribution in [0.2, 0.25) is 0 Å². The Morgan fingerprint density at radius 3 is 2.42 bits per heavy atom. The van der Waals surface area contributed by atoms with Crippen LogP contribution in [0, 0.1) is 0 Å². The van der Waals surface area contributed by atoms with Crippen LogP contribution < -0.4 is 17.0 Å². The largest absolute Gasteiger partial charge is 0.377 e. The molecule has 0 atom stereocenters. The highest BCUT2D eigenvalue weighted by Gasteiger charge is 2.11. The van der Waals surface area contributed by atoms with Crippen molar-refractivity contribution in [1.29, 1.82) is 0 Å². The minimum atomic E-state index is -0.0523. The number of nitrogens with one attached hydrogen (secondary N) is 1. The lowest BCUT2D eigenvalue weighted by Gasteiger charge is -2.08. The monoisotopic (exact) mass is 174 g/mol. The van der Waals surface area contributed by atoms with Gasteiger partial charge in [0.05, 0.1) is 26.4 Å². The SMILES string of the molecule is NNC(N)=NC1COCCOC1. The maximum Gasteiger partial charge on any atom is 0.203 e. The zero-order chi connectivity index (χ0) is 8.81. The quantitative estimate of drug-likeness (QED) is 0.188. The highest BCUT2D eigenvalue weighted by molar-refractivity contribution is 5.77. The van der Waals surface area contributed by atoms with Gasteiger partial charge in [-0.1, -0.05) is 0 Å². The fourth-order valence-electron chi connectivity index (χ4n) is 0.913. The summed E-state index contributed by atoms with van der Waals surface area (Å²) in [5.74, 6) is 5.24. The molecule has 1 rings (SSSR count). The van der Waals surface area contributed by atoms with E-state index in [4.69, 9.17) is 21.1 Å². The van der Waals surface area contributed by atoms with Gasteiger partial charge in [0.2, 0.25) is 5.96 Å². The molecule has 0 amide bonds. The van der Waals surface area contributed by atoms with Crippen LogP contribution in [0.25, 0.3) is 0 Å². The van der Waals surface area contributed by atoms with Crippen LogP contribution in [0.3, 0.4) is 0 Å². The third-order valence-electron chi connectivity index (χ3n) is 1.46. The molecule has 0 saturated carbocycles. The van der Waals surface area contributed by atoms with Crippen molar-refractivity contribution in [3.63, 3.8) is 0 Å². The first-order valence-corrected chi connectivity index (χ1v) is 3.78. The van der Waals surface area contributed by atoms with E-state index in [1.807, 2.05) is 0 Å². The Hall–Kier alpha value is -0.850. The molecule has 6 heteroatoms. The summed E-state index contributed by atoms with van der Waals surface area (Å²) in [7, 11) is 0. The van der Waals surface area contributed by atoms with Crippen molar-refractivity contribution >= 4 is 5.96 Å². The van der Waals surface area contributed by atoms with Crippen molar-refractivity contribution in [2.75, 3.05) is 26.4 Å². The van der Waals surface area contributed by atoms with Crippen LogP contribution in [-0.4, -0.2) is 38.4 Å². The molecule has 0 radical (unpaired) electrons. The average Bonchev–Trinajstić information content (AvgIpc) is 2.33. The molecule has 1 aliphatic rings. The number of guanidine groups is 1. The molecule has 1 aliphatic heterocycles. The zero-order valence-electron chi connectivity index (χ0n) is 6.82. The minimum Gasteiger partial charge on any atom is -0.377 e. The van der Waals surface area contributed by atoms with Crippen molar-refractivity contribution < 1.29 is 9.47 Å². The minimum absolute atomic E-state index is 0.0523. The highest BCUT2D eigenvalue weighted by Crippen LogP contribution is 1.98. The fraction of sp³-hybridized carbons (Fsp3) is 0.833. The van der Waals surface area contributed by atoms with Gasteiger partial charge in [-0.05, 0) is 0 Å². The Bertz CT molecular complexity index is 154. The molecular weight excluding hydrogens is 160 g/mol. The first-order valence-electron chi connectivity index (χ1n) is 3.78. The smallest absolute Gasteiger partial charge is 0.203 e. The summed E-state index contributed by atoms with van der Waals surface area (Å²) in [5.41, 5.74) is 7.61. The molecule has 0 aromatic heterocycles. The molecule has 0 unspecified atom stereocenters. The molecule has 1 heterocycles. The average molecular weight is 174 g/mol. The van der Waals surface area contributed by atoms with E-state index in [0.29, 0.717) is 26.4 Å². The van der Waals surface area contributed by atoms with Gasteiger partial charge < -0.3 is 15.2 Å². The molecule has 70 valence electrons. The normalized spacial score (nSPS) is 21.9. The van der Waals surface area contributed by atoms with Gasteiger partial charge in [0.1, 0.15) is 6.04 Å². The molecule has 0 aliphatic carbocycles. The number of nitrogens with two attached hydrogens (primary N) is 2. The lowest BCUT2D eigenvalue weighted by atomic mass is 10.3. The lowest BCUT2D eigenvalue weighted by molar-refractivity contribution is 0.103. The van der Waals surface area contributed by atoms with Crippen LogP contribution in [-0.2, 0) is 9.47 Å². The predicted molar refractivity (Wildman–Crippen MR) is 44.4 cm³/mol. The van der Waals surface area contributed by atoms with E-state index < -0.39 is 0 Å². The van der Waals surface area contributed by atoms with Crippen LogP contribution in [0.1, 0.15) is 0 Å². The van der Waals surface area contributed by atoms with Crippen LogP contribution >= 0.6 is 0 Å². The Morgan fingerprint density at radius 1 is 1.33 bits per heavy atom. The molecule has 1 fully saturated rings. The summed E-state index contributed by atoms with van der Waals surface area (Å²) in [6.45, 7) is 2.29. The zero-order valence-corrected chi connectivity index (χ0v) is 6.82. The van der Waals surface area contributed by atoms with Crippen molar-refractivity contribution in [2.45, 2.75) is 6.04 Å². The van der Waals surface area contributed by atoms with Crippen molar-refractivity contribution in [3.8, 4) is 0 Å². The maximum absolute atomic E-state index is 5.36. The van der Waals surface area contributed by atoms with Gasteiger partial charge in [0.25, 0.3) is 0 Å². The Labute approximate surface area is 70.9 Å². The lowest BCUT2D eigenvalue weighted by Crippen LogP contribution is -2.39. The van der Waals surface area contributed by atoms with E-state index in [9.17, 15) is 0 Å². The summed E-state index contributed by atoms with van der Waals surface area (Å²) in [5, 5.41) is 0. The Kier molecular flexibility index (Phi) is 3.78. The third kappa shape index (κ3) is 3.04. The first kappa shape index (κ1) is 9.24. The van der Waals surface area contributed by atoms with E-state index in [0.717, 1.165) is 0 Å². The third-order valence-corrected chi connectivity index (χ3v) is 1.46. The number of rotatable bonds is 1. The topological polar surface area (TPSA) is 94.9 Å². The number of aliphatic imine (C=N–C) groups is 1. The number of nitrogens with zero attached hydrogens (tertiary/aromatic N) is 1. The highest BCUT2D eigenvalue weighted by atomic mass is 16.5. The Morgan fingerprint density at radius 2 is 1.92 bits per heavy atom. The fourth-order valence-corrected chi connectivity index (χ4v) is 0.913. The second-order valence-corrected chi connectivity index (χ2v) is 2.46. The van der Waals surface area contributed by atoms with Crippen molar-refractivity contribution in [1.82, 2.24) is 5.43 Å². The van der Waals surface area contributed by atoms with Crippen molar-refractivity contribution in [3.05, 3.63) is 0 Å². The summed E-state index contributed by atoms with van der Waals surface area (Å²) in [6.07, 6.45) is 0. The molecular formula is C6H14N4O2. The van der Waals surface area contributed by atoms with Gasteiger partial charge in [0.15, 0.2) is 0 Å². The number of hydrogen-bond donors (Lipinski definition) is 3. The van der Waals surface area contributed by atoms with E-state index >= 15 is 0 Å². The molecule has 6 nitrogen and oxygen atoms in total. The van der Waals surface area contributed by atoms with Gasteiger partial charge in [-0.25, -0.2) is 10.8 Å². The van der Waals surface area contributed by atoms with Gasteiger partial charge in [-0.15, -0.1) is 0 Å². The molecule has 12 heavy (non-hydrogen) atoms. The summed E-state index contributed by atoms with van der Waals surface area (Å²) in [6, 6.07) is -0.0523. The molecule has 0 spiro atoms. The second kappa shape index (κ2) is 4.91. The van der Waals surface area contributed by atoms with E-state index in [-0.39, 0.29) is 12.0 Å². The van der Waals surface area contributed by atoms with Gasteiger partial charge in [-0.2, -0.15) is 0 Å². The maximum atomic E-state index is 5.36. The standard InChI is InChI=1S/C6H14N4O2/c7-6(10-8)9-5-3-11-1-2-12-4-5/h5H,1-4,8H2,(H3,7,9,10). The Balaban J connectivity index is 2.38. The van der Waals surface area contributed by atoms with Crippen molar-refractivity contribution in [2.24, 2.45) is 16.6 Å². The van der Waals surface area contributed by atoms with Gasteiger partial charge in [0, 0.05) is 0 Å². The number of ether oxygens (including phenoxy) is 2. The second-order valence-electron chi connectivity index (χ2n) is 2.46. The molecule has 5 N–H and O–H groups in total. The van der Waals surface area contributed by atoms with Crippen LogP contribution in [0.5, 0.6) is 0 Å².